The monoisotopic (exact) mass is 646 g/mol. The number of ether oxygens (including phenoxy) is 1. The summed E-state index contributed by atoms with van der Waals surface area (Å²) < 4.78 is 7.45. The first-order valence-corrected chi connectivity index (χ1v) is 11.0. The molecule has 1 saturated heterocycles. The molecule has 3 rings (SSSR count). The molecule has 1 aliphatic rings. The smallest absolute Gasteiger partial charge is 0.335 e. The van der Waals surface area contributed by atoms with Gasteiger partial charge in [0.1, 0.15) is 17.9 Å². The molecule has 8 nitrogen and oxygen atoms in total. The van der Waals surface area contributed by atoms with E-state index in [-0.39, 0.29) is 17.7 Å². The molecule has 160 valence electrons. The van der Waals surface area contributed by atoms with Crippen molar-refractivity contribution in [1.82, 2.24) is 9.80 Å². The molecule has 1 aliphatic heterocycles. The number of carboxylic acids is 1. The number of amides is 4. The fourth-order valence-electron chi connectivity index (χ4n) is 2.84. The van der Waals surface area contributed by atoms with Crippen molar-refractivity contribution >= 4 is 75.1 Å². The first-order valence-electron chi connectivity index (χ1n) is 8.86. The Bertz CT molecular complexity index is 1080. The van der Waals surface area contributed by atoms with Crippen LogP contribution in [-0.4, -0.2) is 52.8 Å². The lowest BCUT2D eigenvalue weighted by Crippen LogP contribution is -2.52. The van der Waals surface area contributed by atoms with E-state index in [4.69, 9.17) is 9.84 Å². The Morgan fingerprint density at radius 2 is 1.52 bits per heavy atom. The standard InChI is InChI=1S/C21H16I2N2O6/c1-24-18(26)14(19(27)25(2)21(24)30)7-12-8-15(22)17(16(23)9-12)31-10-11-3-5-13(6-4-11)20(28)29/h3-9H,10H2,1-2H3,(H,28,29). The minimum absolute atomic E-state index is 0.0941. The summed E-state index contributed by atoms with van der Waals surface area (Å²) in [4.78, 5) is 49.4. The van der Waals surface area contributed by atoms with Crippen molar-refractivity contribution in [2.24, 2.45) is 0 Å². The normalized spacial score (nSPS) is 14.2. The van der Waals surface area contributed by atoms with E-state index >= 15 is 0 Å². The van der Waals surface area contributed by atoms with Gasteiger partial charge in [0, 0.05) is 14.1 Å². The second-order valence-electron chi connectivity index (χ2n) is 6.67. The van der Waals surface area contributed by atoms with Crippen LogP contribution in [-0.2, 0) is 16.2 Å². The van der Waals surface area contributed by atoms with E-state index in [0.29, 0.717) is 11.3 Å². The molecule has 0 radical (unpaired) electrons. The predicted octanol–water partition coefficient (Wildman–Crippen LogP) is 3.61. The maximum Gasteiger partial charge on any atom is 0.335 e. The number of halogens is 2. The highest BCUT2D eigenvalue weighted by Crippen LogP contribution is 2.31. The number of carbonyl (C=O) groups is 4. The van der Waals surface area contributed by atoms with Gasteiger partial charge in [-0.2, -0.15) is 0 Å². The van der Waals surface area contributed by atoms with Gasteiger partial charge in [-0.15, -0.1) is 0 Å². The topological polar surface area (TPSA) is 104 Å². The van der Waals surface area contributed by atoms with Crippen LogP contribution in [0, 0.1) is 7.14 Å². The van der Waals surface area contributed by atoms with Crippen molar-refractivity contribution in [3.05, 3.63) is 65.8 Å². The molecule has 0 aliphatic carbocycles. The van der Waals surface area contributed by atoms with Crippen LogP contribution >= 0.6 is 45.2 Å². The van der Waals surface area contributed by atoms with Crippen LogP contribution in [0.3, 0.4) is 0 Å². The van der Waals surface area contributed by atoms with Crippen LogP contribution in [0.5, 0.6) is 5.75 Å². The third-order valence-corrected chi connectivity index (χ3v) is 6.16. The van der Waals surface area contributed by atoms with E-state index in [1.54, 1.807) is 24.3 Å². The van der Waals surface area contributed by atoms with Crippen molar-refractivity contribution in [2.45, 2.75) is 6.61 Å². The maximum atomic E-state index is 12.4. The summed E-state index contributed by atoms with van der Waals surface area (Å²) in [6.45, 7) is 0.251. The minimum atomic E-state index is -0.988. The summed E-state index contributed by atoms with van der Waals surface area (Å²) in [7, 11) is 2.66. The number of nitrogens with zero attached hydrogens (tertiary/aromatic N) is 2. The Morgan fingerprint density at radius 1 is 1.00 bits per heavy atom. The molecular weight excluding hydrogens is 630 g/mol. The summed E-state index contributed by atoms with van der Waals surface area (Å²) in [5.41, 5.74) is 1.55. The molecule has 0 unspecified atom stereocenters. The van der Waals surface area contributed by atoms with Gasteiger partial charge >= 0.3 is 12.0 Å². The van der Waals surface area contributed by atoms with Gasteiger partial charge in [0.2, 0.25) is 0 Å². The summed E-state index contributed by atoms with van der Waals surface area (Å²) in [6.07, 6.45) is 1.46. The lowest BCUT2D eigenvalue weighted by atomic mass is 10.1. The molecule has 31 heavy (non-hydrogen) atoms. The van der Waals surface area contributed by atoms with Gasteiger partial charge in [0.15, 0.2) is 0 Å². The predicted molar refractivity (Wildman–Crippen MR) is 129 cm³/mol. The fourth-order valence-corrected chi connectivity index (χ4v) is 4.97. The van der Waals surface area contributed by atoms with E-state index in [9.17, 15) is 19.2 Å². The molecule has 0 saturated carbocycles. The lowest BCUT2D eigenvalue weighted by molar-refractivity contribution is -0.134. The van der Waals surface area contributed by atoms with Crippen LogP contribution < -0.4 is 4.74 Å². The fraction of sp³-hybridized carbons (Fsp3) is 0.143. The molecule has 1 fully saturated rings. The number of urea groups is 1. The second-order valence-corrected chi connectivity index (χ2v) is 9.00. The Morgan fingerprint density at radius 3 is 2.00 bits per heavy atom. The molecule has 0 spiro atoms. The number of hydrogen-bond donors (Lipinski definition) is 1. The molecule has 2 aromatic rings. The van der Waals surface area contributed by atoms with E-state index in [1.165, 1.54) is 32.3 Å². The second kappa shape index (κ2) is 9.34. The average molecular weight is 646 g/mol. The van der Waals surface area contributed by atoms with Gasteiger partial charge < -0.3 is 9.84 Å². The van der Waals surface area contributed by atoms with Gasteiger partial charge in [-0.3, -0.25) is 19.4 Å². The van der Waals surface area contributed by atoms with E-state index in [2.05, 4.69) is 45.2 Å². The molecule has 4 amide bonds. The highest BCUT2D eigenvalue weighted by atomic mass is 127. The van der Waals surface area contributed by atoms with E-state index in [1.807, 2.05) is 0 Å². The Hall–Kier alpha value is -2.48. The van der Waals surface area contributed by atoms with Crippen molar-refractivity contribution < 1.29 is 29.0 Å². The highest BCUT2D eigenvalue weighted by molar-refractivity contribution is 14.1. The first-order chi connectivity index (χ1) is 14.6. The van der Waals surface area contributed by atoms with Crippen LogP contribution in [0.1, 0.15) is 21.5 Å². The Balaban J connectivity index is 1.82. The van der Waals surface area contributed by atoms with E-state index < -0.39 is 23.8 Å². The zero-order valence-electron chi connectivity index (χ0n) is 16.4. The number of carboxylic acid groups (broad SMARTS) is 1. The molecule has 0 bridgehead atoms. The molecule has 10 heteroatoms. The van der Waals surface area contributed by atoms with Gasteiger partial charge in [-0.05, 0) is 86.7 Å². The molecule has 1 heterocycles. The number of benzene rings is 2. The number of barbiturate groups is 1. The van der Waals surface area contributed by atoms with Crippen LogP contribution in [0.25, 0.3) is 6.08 Å². The third-order valence-electron chi connectivity index (χ3n) is 4.56. The number of aromatic carboxylic acids is 1. The van der Waals surface area contributed by atoms with Crippen molar-refractivity contribution in [1.29, 1.82) is 0 Å². The third kappa shape index (κ3) is 4.89. The van der Waals surface area contributed by atoms with Crippen molar-refractivity contribution in [2.75, 3.05) is 14.1 Å². The van der Waals surface area contributed by atoms with Crippen LogP contribution in [0.4, 0.5) is 4.79 Å². The molecule has 0 aromatic heterocycles. The first kappa shape index (κ1) is 23.2. The van der Waals surface area contributed by atoms with E-state index in [0.717, 1.165) is 22.5 Å². The van der Waals surface area contributed by atoms with Crippen LogP contribution in [0.2, 0.25) is 0 Å². The van der Waals surface area contributed by atoms with Crippen molar-refractivity contribution in [3.8, 4) is 5.75 Å². The SMILES string of the molecule is CN1C(=O)C(=Cc2cc(I)c(OCc3ccc(C(=O)O)cc3)c(I)c2)C(=O)N(C)C1=O. The molecule has 0 atom stereocenters. The molecule has 1 N–H and O–H groups in total. The number of likely N-dealkylation sites (N-methyl/N-ethyl adjacent to an activating group) is 2. The summed E-state index contributed by atoms with van der Waals surface area (Å²) >= 11 is 4.21. The van der Waals surface area contributed by atoms with Gasteiger partial charge in [-0.25, -0.2) is 9.59 Å². The summed E-state index contributed by atoms with van der Waals surface area (Å²) in [5.74, 6) is -1.65. The quantitative estimate of drug-likeness (QED) is 0.303. The minimum Gasteiger partial charge on any atom is -0.487 e. The van der Waals surface area contributed by atoms with Gasteiger partial charge in [0.25, 0.3) is 11.8 Å². The Kier molecular flexibility index (Phi) is 6.99. The lowest BCUT2D eigenvalue weighted by Gasteiger charge is -2.28. The van der Waals surface area contributed by atoms with Crippen LogP contribution in [0.15, 0.2) is 42.0 Å². The number of carbonyl (C=O) groups excluding carboxylic acids is 3. The molecular formula is C21H16I2N2O6. The highest BCUT2D eigenvalue weighted by Gasteiger charge is 2.37. The molecule has 2 aromatic carbocycles. The number of hydrogen-bond acceptors (Lipinski definition) is 5. The average Bonchev–Trinajstić information content (AvgIpc) is 2.73. The zero-order valence-corrected chi connectivity index (χ0v) is 20.7. The maximum absolute atomic E-state index is 12.4. The Labute approximate surface area is 205 Å². The van der Waals surface area contributed by atoms with Gasteiger partial charge in [-0.1, -0.05) is 12.1 Å². The zero-order chi connectivity index (χ0) is 22.9. The van der Waals surface area contributed by atoms with Gasteiger partial charge in [0.05, 0.1) is 12.7 Å². The largest absolute Gasteiger partial charge is 0.487 e. The van der Waals surface area contributed by atoms with Crippen molar-refractivity contribution in [3.63, 3.8) is 0 Å². The number of rotatable bonds is 5. The summed E-state index contributed by atoms with van der Waals surface area (Å²) in [6, 6.07) is 9.29. The summed E-state index contributed by atoms with van der Waals surface area (Å²) in [5, 5.41) is 8.97. The number of imide groups is 2.